The van der Waals surface area contributed by atoms with Crippen molar-refractivity contribution in [1.82, 2.24) is 5.32 Å². The second kappa shape index (κ2) is 5.40. The van der Waals surface area contributed by atoms with Crippen LogP contribution in [0, 0.1) is 0 Å². The second-order valence-corrected chi connectivity index (χ2v) is 2.47. The standard InChI is InChI=1S/C6H13NO3S/c1-4(8)7-5(3-11)6(9)10-2/h4-5,7-8,11H,3H2,1-2H3. The Balaban J connectivity index is 3.84. The van der Waals surface area contributed by atoms with Gasteiger partial charge in [-0.2, -0.15) is 12.6 Å². The molecule has 0 saturated heterocycles. The Morgan fingerprint density at radius 1 is 1.82 bits per heavy atom. The molecular weight excluding hydrogens is 166 g/mol. The number of aliphatic hydroxyl groups excluding tert-OH is 1. The zero-order chi connectivity index (χ0) is 8.85. The maximum absolute atomic E-state index is 10.8. The third-order valence-corrected chi connectivity index (χ3v) is 1.48. The van der Waals surface area contributed by atoms with E-state index in [-0.39, 0.29) is 0 Å². The third-order valence-electron chi connectivity index (χ3n) is 1.11. The molecule has 66 valence electrons. The van der Waals surface area contributed by atoms with Crippen molar-refractivity contribution in [2.24, 2.45) is 0 Å². The summed E-state index contributed by atoms with van der Waals surface area (Å²) in [4.78, 5) is 10.8. The number of carbonyl (C=O) groups excluding carboxylic acids is 1. The van der Waals surface area contributed by atoms with E-state index in [2.05, 4.69) is 22.7 Å². The van der Waals surface area contributed by atoms with Gasteiger partial charge in [0.15, 0.2) is 0 Å². The highest BCUT2D eigenvalue weighted by atomic mass is 32.1. The molecule has 0 saturated carbocycles. The number of aliphatic hydroxyl groups is 1. The molecule has 0 bridgehead atoms. The van der Waals surface area contributed by atoms with Gasteiger partial charge in [-0.1, -0.05) is 0 Å². The molecule has 4 nitrogen and oxygen atoms in total. The maximum atomic E-state index is 10.8. The number of ether oxygens (including phenoxy) is 1. The van der Waals surface area contributed by atoms with Crippen molar-refractivity contribution in [2.45, 2.75) is 19.2 Å². The van der Waals surface area contributed by atoms with E-state index in [0.717, 1.165) is 0 Å². The summed E-state index contributed by atoms with van der Waals surface area (Å²) in [7, 11) is 1.29. The second-order valence-electron chi connectivity index (χ2n) is 2.10. The van der Waals surface area contributed by atoms with Crippen molar-refractivity contribution in [3.63, 3.8) is 0 Å². The van der Waals surface area contributed by atoms with Crippen LogP contribution in [0.3, 0.4) is 0 Å². The molecule has 0 heterocycles. The fourth-order valence-corrected chi connectivity index (χ4v) is 0.883. The van der Waals surface area contributed by atoms with E-state index < -0.39 is 18.2 Å². The Morgan fingerprint density at radius 2 is 2.36 bits per heavy atom. The number of nitrogens with one attached hydrogen (secondary N) is 1. The van der Waals surface area contributed by atoms with Crippen LogP contribution in [0.4, 0.5) is 0 Å². The lowest BCUT2D eigenvalue weighted by Gasteiger charge is -2.15. The summed E-state index contributed by atoms with van der Waals surface area (Å²) in [6, 6.07) is -0.539. The first-order chi connectivity index (χ1) is 5.11. The zero-order valence-corrected chi connectivity index (χ0v) is 7.47. The number of carbonyl (C=O) groups is 1. The van der Waals surface area contributed by atoms with Gasteiger partial charge < -0.3 is 9.84 Å². The Hall–Kier alpha value is -0.260. The molecule has 0 radical (unpaired) electrons. The van der Waals surface area contributed by atoms with E-state index in [1.54, 1.807) is 0 Å². The molecule has 2 unspecified atom stereocenters. The molecule has 0 aliphatic heterocycles. The quantitative estimate of drug-likeness (QED) is 0.306. The molecule has 0 amide bonds. The fourth-order valence-electron chi connectivity index (χ4n) is 0.629. The van der Waals surface area contributed by atoms with Crippen LogP contribution < -0.4 is 5.32 Å². The van der Waals surface area contributed by atoms with Crippen LogP contribution in [0.5, 0.6) is 0 Å². The number of hydrogen-bond donors (Lipinski definition) is 3. The van der Waals surface area contributed by atoms with Crippen molar-refractivity contribution < 1.29 is 14.6 Å². The molecule has 0 aromatic rings. The van der Waals surface area contributed by atoms with Gasteiger partial charge >= 0.3 is 5.97 Å². The molecule has 0 fully saturated rings. The molecule has 0 aromatic carbocycles. The van der Waals surface area contributed by atoms with Gasteiger partial charge in [-0.05, 0) is 6.92 Å². The van der Waals surface area contributed by atoms with E-state index >= 15 is 0 Å². The largest absolute Gasteiger partial charge is 0.468 e. The first-order valence-corrected chi connectivity index (χ1v) is 3.88. The van der Waals surface area contributed by atoms with Crippen LogP contribution in [0.2, 0.25) is 0 Å². The smallest absolute Gasteiger partial charge is 0.323 e. The monoisotopic (exact) mass is 179 g/mol. The lowest BCUT2D eigenvalue weighted by molar-refractivity contribution is -0.143. The predicted molar refractivity (Wildman–Crippen MR) is 44.5 cm³/mol. The zero-order valence-electron chi connectivity index (χ0n) is 6.57. The van der Waals surface area contributed by atoms with E-state index in [9.17, 15) is 4.79 Å². The molecule has 0 aliphatic rings. The summed E-state index contributed by atoms with van der Waals surface area (Å²) >= 11 is 3.91. The molecule has 11 heavy (non-hydrogen) atoms. The van der Waals surface area contributed by atoms with Gasteiger partial charge in [-0.25, -0.2) is 0 Å². The molecular formula is C6H13NO3S. The molecule has 0 spiro atoms. The number of esters is 1. The summed E-state index contributed by atoms with van der Waals surface area (Å²) in [5.74, 6) is -0.113. The van der Waals surface area contributed by atoms with Gasteiger partial charge in [-0.15, -0.1) is 0 Å². The summed E-state index contributed by atoms with van der Waals surface area (Å²) < 4.78 is 4.44. The lowest BCUT2D eigenvalue weighted by Crippen LogP contribution is -2.43. The number of methoxy groups -OCH3 is 1. The van der Waals surface area contributed by atoms with Crippen molar-refractivity contribution in [1.29, 1.82) is 0 Å². The summed E-state index contributed by atoms with van der Waals surface area (Å²) in [5.41, 5.74) is 0. The molecule has 2 N–H and O–H groups in total. The average Bonchev–Trinajstić information content (AvgIpc) is 1.98. The minimum atomic E-state index is -0.730. The van der Waals surface area contributed by atoms with E-state index in [1.165, 1.54) is 14.0 Å². The number of hydrogen-bond acceptors (Lipinski definition) is 5. The molecule has 0 rings (SSSR count). The van der Waals surface area contributed by atoms with E-state index in [4.69, 9.17) is 5.11 Å². The Kier molecular flexibility index (Phi) is 5.27. The minimum absolute atomic E-state index is 0.303. The average molecular weight is 179 g/mol. The van der Waals surface area contributed by atoms with Crippen LogP contribution in [0.1, 0.15) is 6.92 Å². The highest BCUT2D eigenvalue weighted by Crippen LogP contribution is 1.92. The molecule has 2 atom stereocenters. The van der Waals surface area contributed by atoms with Gasteiger partial charge in [0.05, 0.1) is 7.11 Å². The van der Waals surface area contributed by atoms with Gasteiger partial charge in [0, 0.05) is 5.75 Å². The van der Waals surface area contributed by atoms with Crippen LogP contribution in [0.15, 0.2) is 0 Å². The van der Waals surface area contributed by atoms with Crippen LogP contribution in [-0.2, 0) is 9.53 Å². The van der Waals surface area contributed by atoms with Crippen molar-refractivity contribution in [3.05, 3.63) is 0 Å². The summed E-state index contributed by atoms with van der Waals surface area (Å²) in [6.45, 7) is 1.53. The van der Waals surface area contributed by atoms with Gasteiger partial charge in [0.1, 0.15) is 12.3 Å². The van der Waals surface area contributed by atoms with Crippen LogP contribution in [0.25, 0.3) is 0 Å². The van der Waals surface area contributed by atoms with Gasteiger partial charge in [0.2, 0.25) is 0 Å². The number of thiol groups is 1. The highest BCUT2D eigenvalue weighted by Gasteiger charge is 2.17. The Bertz CT molecular complexity index is 129. The van der Waals surface area contributed by atoms with Crippen molar-refractivity contribution >= 4 is 18.6 Å². The Labute approximate surface area is 71.3 Å². The summed E-state index contributed by atoms with van der Waals surface area (Å²) in [6.07, 6.45) is -0.730. The Morgan fingerprint density at radius 3 is 2.64 bits per heavy atom. The van der Waals surface area contributed by atoms with Crippen molar-refractivity contribution in [2.75, 3.05) is 12.9 Å². The topological polar surface area (TPSA) is 58.6 Å². The maximum Gasteiger partial charge on any atom is 0.323 e. The molecule has 0 aromatic heterocycles. The minimum Gasteiger partial charge on any atom is -0.468 e. The molecule has 0 aliphatic carbocycles. The first kappa shape index (κ1) is 10.7. The normalized spacial score (nSPS) is 15.6. The fraction of sp³-hybridized carbons (Fsp3) is 0.833. The highest BCUT2D eigenvalue weighted by molar-refractivity contribution is 7.80. The molecule has 5 heteroatoms. The number of rotatable bonds is 4. The first-order valence-electron chi connectivity index (χ1n) is 3.24. The van der Waals surface area contributed by atoms with E-state index in [0.29, 0.717) is 5.75 Å². The third kappa shape index (κ3) is 4.23. The lowest BCUT2D eigenvalue weighted by atomic mass is 10.3. The van der Waals surface area contributed by atoms with Crippen LogP contribution >= 0.6 is 12.6 Å². The van der Waals surface area contributed by atoms with Gasteiger partial charge in [-0.3, -0.25) is 10.1 Å². The van der Waals surface area contributed by atoms with Gasteiger partial charge in [0.25, 0.3) is 0 Å². The predicted octanol–water partition coefficient (Wildman–Crippen LogP) is -0.614. The van der Waals surface area contributed by atoms with Crippen LogP contribution in [-0.4, -0.2) is 36.2 Å². The van der Waals surface area contributed by atoms with E-state index in [1.807, 2.05) is 0 Å². The summed E-state index contributed by atoms with van der Waals surface area (Å²) in [5, 5.41) is 11.4. The van der Waals surface area contributed by atoms with Crippen molar-refractivity contribution in [3.8, 4) is 0 Å². The SMILES string of the molecule is COC(=O)C(CS)NC(C)O.